The molecule has 12 aliphatic heterocycles. The number of ketones is 1. The van der Waals surface area contributed by atoms with Crippen LogP contribution in [0.4, 0.5) is 9.59 Å². The first-order valence-electron chi connectivity index (χ1n) is 41.7. The number of phenolic OH excluding ortho intramolecular Hbond substituents is 2. The molecule has 4 fully saturated rings. The van der Waals surface area contributed by atoms with Gasteiger partial charge in [0.2, 0.25) is 19.4 Å². The van der Waals surface area contributed by atoms with Crippen molar-refractivity contribution in [2.24, 2.45) is 5.73 Å². The van der Waals surface area contributed by atoms with Crippen LogP contribution in [-0.2, 0) is 74.1 Å². The SMILES string of the molecule is C=CCOC(=O)NC[C@H](N)Cc1coc2ccccc12.C=CCOC(=O)NC[C@H]1Cc2c(oc3ccccc23)[C@@]2(CS[C@@H]3c4c(OC(C)=O)c(C)c5c(c4[C@H](COC2=O)N2[C@@H]3[C@H]3c4c(cc(C)c(OC)c4O)C[C@@H]([C@@H]2C#N)N3C)OCO5)N1.COc1c(C)cc2c(c1O)[C@@H]1[C@@H]3[C@@H]4SCC(=O)C(=O)OC[C@@H](c5c6c(c(C)c(OC(C)=O)c54)OCO6)N3[C@@H](C#N)[C@H](C2)N1C. The second kappa shape index (κ2) is 34.9. The van der Waals surface area contributed by atoms with Gasteiger partial charge < -0.3 is 92.3 Å². The summed E-state index contributed by atoms with van der Waals surface area (Å²) in [5.41, 5.74) is 16.0. The first kappa shape index (κ1) is 86.9. The van der Waals surface area contributed by atoms with E-state index in [0.717, 1.165) is 49.7 Å². The van der Waals surface area contributed by atoms with Gasteiger partial charge in [-0.1, -0.05) is 73.8 Å². The van der Waals surface area contributed by atoms with E-state index in [1.165, 1.54) is 63.7 Å². The maximum Gasteiger partial charge on any atom is 0.407 e. The summed E-state index contributed by atoms with van der Waals surface area (Å²) < 4.78 is 82.1. The fourth-order valence-electron chi connectivity index (χ4n) is 21.0. The van der Waals surface area contributed by atoms with Crippen LogP contribution >= 0.6 is 23.5 Å². The predicted molar refractivity (Wildman–Crippen MR) is 460 cm³/mol. The molecule has 2 aromatic heterocycles. The number of ether oxygens (including phenoxy) is 12. The maximum absolute atomic E-state index is 15.3. The normalized spacial score (nSPS) is 25.7. The Kier molecular flexibility index (Phi) is 23.9. The van der Waals surface area contributed by atoms with Gasteiger partial charge in [-0.3, -0.25) is 39.3 Å². The monoisotopic (exact) mass is 1770 g/mol. The van der Waals surface area contributed by atoms with Gasteiger partial charge in [0.05, 0.1) is 73.0 Å². The molecule has 4 saturated heterocycles. The standard InChI is InChI=1S/C46H47N5O11S.C31H31N3O9S.C15H18N2O3/c1-7-12-57-45(55)48-17-25-15-27-26-10-8-9-11-31(26)62-43(27)46(49-25)19-63-42-34-33(41-40(59-20-60-41)22(3)39(34)61-23(4)52)30(18-58-44(46)54)51-29(16-47)28-14-24-13-21(2)38(56-6)37(53)32(24)35(36(42)51)50(28)5;1-12-6-15-7-16-17(8-32)34-18-9-40-31(38)19(36)10-44-30(24(34)23(33(16)4)20(15)25(37)26(12)39-5)22-21(18)29-28(41-11-42-29)13(2)27(22)43-14(3)35;1-2-7-19-15(18)17-9-12(16)8-11-10-20-14-6-4-3-5-13(11)14/h7-11,13,25,28-30,35-36,42,49,53H,1,12,14-15,17-20H2,2-6H3,(H,48,55);6,16-18,23-24,30,37H,7,9-11H2,1-5H3;2-6,10,12H,1,7-9,16H2,(H,17,18)/t25-,28+,29+,30+,35-,36-,42-,46-;16-,17-,18-,23+,24+,30+;12-/m101/s1. The van der Waals surface area contributed by atoms with E-state index in [4.69, 9.17) is 71.4 Å². The molecule has 0 aliphatic carbocycles. The summed E-state index contributed by atoms with van der Waals surface area (Å²) in [5, 5.41) is 55.6. The molecule has 7 N–H and O–H groups in total. The summed E-state index contributed by atoms with van der Waals surface area (Å²) >= 11 is 2.65. The van der Waals surface area contributed by atoms with Crippen LogP contribution in [0, 0.1) is 50.4 Å². The Labute approximate surface area is 738 Å². The van der Waals surface area contributed by atoms with Gasteiger partial charge in [0.15, 0.2) is 51.5 Å². The topological polar surface area (TPSA) is 420 Å². The Morgan fingerprint density at radius 1 is 0.661 bits per heavy atom. The molecule has 14 heterocycles. The number of nitrogens with one attached hydrogen (secondary N) is 3. The number of aryl methyl sites for hydroxylation is 2. The molecule has 1 spiro atoms. The van der Waals surface area contributed by atoms with Gasteiger partial charge in [0.25, 0.3) is 0 Å². The number of amides is 2. The molecule has 8 aromatic rings. The molecule has 6 aromatic carbocycles. The summed E-state index contributed by atoms with van der Waals surface area (Å²) in [7, 11) is 6.95. The van der Waals surface area contributed by atoms with Gasteiger partial charge >= 0.3 is 36.1 Å². The Morgan fingerprint density at radius 3 is 1.69 bits per heavy atom. The molecule has 0 saturated carbocycles. The number of thioether (sulfide) groups is 2. The maximum atomic E-state index is 15.3. The van der Waals surface area contributed by atoms with E-state index in [1.807, 2.05) is 95.5 Å². The van der Waals surface area contributed by atoms with Crippen molar-refractivity contribution in [1.29, 1.82) is 10.5 Å². The number of rotatable bonds is 14. The van der Waals surface area contributed by atoms with E-state index in [-0.39, 0.29) is 87.7 Å². The van der Waals surface area contributed by atoms with Crippen LogP contribution in [-0.4, -0.2) is 213 Å². The number of Topliss-reactive ketones (excluding diaryl/α,β-unsaturated/α-hetero) is 1. The number of benzene rings is 6. The first-order valence-corrected chi connectivity index (χ1v) is 43.8. The van der Waals surface area contributed by atoms with Crippen molar-refractivity contribution in [1.82, 2.24) is 35.6 Å². The quantitative estimate of drug-likeness (QED) is 0.0194. The molecular formula is C92H96N10O23S2. The average molecular weight is 1770 g/mol. The van der Waals surface area contributed by atoms with Gasteiger partial charge in [0.1, 0.15) is 66.9 Å². The van der Waals surface area contributed by atoms with Gasteiger partial charge in [-0.05, 0) is 107 Å². The lowest BCUT2D eigenvalue weighted by Gasteiger charge is -2.62. The minimum Gasteiger partial charge on any atom is -0.504 e. The molecule has 0 radical (unpaired) electrons. The number of alkyl carbamates (subject to hydrolysis) is 2. The zero-order valence-corrected chi connectivity index (χ0v) is 73.1. The second-order valence-electron chi connectivity index (χ2n) is 33.2. The van der Waals surface area contributed by atoms with Crippen molar-refractivity contribution in [3.63, 3.8) is 0 Å². The number of phenols is 2. The van der Waals surface area contributed by atoms with Crippen molar-refractivity contribution in [3.8, 4) is 69.6 Å². The number of fused-ring (bicyclic) bond motifs is 21. The number of nitrogens with zero attached hydrogens (tertiary/aromatic N) is 6. The van der Waals surface area contributed by atoms with Gasteiger partial charge in [-0.2, -0.15) is 10.5 Å². The van der Waals surface area contributed by atoms with Crippen molar-refractivity contribution >= 4 is 87.3 Å². The molecule has 127 heavy (non-hydrogen) atoms. The predicted octanol–water partition coefficient (Wildman–Crippen LogP) is 10.3. The molecule has 664 valence electrons. The van der Waals surface area contributed by atoms with E-state index in [2.05, 4.69) is 60.8 Å². The molecule has 20 rings (SSSR count). The molecule has 15 atom stereocenters. The largest absolute Gasteiger partial charge is 0.504 e. The molecule has 35 heteroatoms. The molecule has 12 aliphatic rings. The lowest BCUT2D eigenvalue weighted by molar-refractivity contribution is -0.158. The van der Waals surface area contributed by atoms with Crippen molar-refractivity contribution in [2.45, 2.75) is 156 Å². The second-order valence-corrected chi connectivity index (χ2v) is 35.5. The van der Waals surface area contributed by atoms with Gasteiger partial charge in [-0.15, -0.1) is 23.5 Å². The first-order chi connectivity index (χ1) is 61.2. The third-order valence-electron chi connectivity index (χ3n) is 26.0. The van der Waals surface area contributed by atoms with Crippen molar-refractivity contribution < 1.29 is 109 Å². The van der Waals surface area contributed by atoms with Crippen molar-refractivity contribution in [3.05, 3.63) is 176 Å². The number of carbonyl (C=O) groups excluding carboxylic acids is 7. The summed E-state index contributed by atoms with van der Waals surface area (Å²) in [6.07, 6.45) is 5.56. The van der Waals surface area contributed by atoms with E-state index in [1.54, 1.807) is 13.2 Å². The fraction of sp³-hybridized carbons (Fsp3) is 0.424. The third kappa shape index (κ3) is 14.7. The number of nitriles is 2. The number of furan rings is 2. The minimum atomic E-state index is -1.60. The van der Waals surface area contributed by atoms with Crippen LogP contribution in [0.3, 0.4) is 0 Å². The van der Waals surface area contributed by atoms with E-state index in [0.29, 0.717) is 134 Å². The lowest BCUT2D eigenvalue weighted by atomic mass is 9.71. The van der Waals surface area contributed by atoms with Crippen LogP contribution in [0.5, 0.6) is 57.5 Å². The molecular weight excluding hydrogens is 1680 g/mol. The number of hydrogen-bond acceptors (Lipinski definition) is 33. The molecule has 2 amide bonds. The molecule has 8 bridgehead atoms. The Bertz CT molecular complexity index is 5960. The number of aromatic hydroxyl groups is 2. The zero-order chi connectivity index (χ0) is 89.6. The lowest BCUT2D eigenvalue weighted by Crippen LogP contribution is -2.69. The van der Waals surface area contributed by atoms with Crippen molar-refractivity contribution in [2.75, 3.05) is 92.9 Å². The van der Waals surface area contributed by atoms with Crippen LogP contribution < -0.4 is 59.6 Å². The smallest absolute Gasteiger partial charge is 0.407 e. The summed E-state index contributed by atoms with van der Waals surface area (Å²) in [6.45, 7) is 17.1. The van der Waals surface area contributed by atoms with Crippen LogP contribution in [0.15, 0.2) is 101 Å². The Morgan fingerprint density at radius 2 is 1.17 bits per heavy atom. The highest BCUT2D eigenvalue weighted by atomic mass is 32.2. The fourth-order valence-corrected chi connectivity index (χ4v) is 23.9. The number of para-hydroxylation sites is 2. The number of carbonyl (C=O) groups is 7. The van der Waals surface area contributed by atoms with Gasteiger partial charge in [-0.25, -0.2) is 19.2 Å². The number of likely N-dealkylation sites (N-methyl/N-ethyl adjacent to an activating group) is 2. The zero-order valence-electron chi connectivity index (χ0n) is 71.4. The number of methoxy groups -OCH3 is 2. The Balaban J connectivity index is 0.000000153. The molecule has 33 nitrogen and oxygen atoms in total. The summed E-state index contributed by atoms with van der Waals surface area (Å²) in [5.74, 6) is -0.0628. The number of piperazine rings is 2. The number of hydrogen-bond donors (Lipinski definition) is 6. The third-order valence-corrected chi connectivity index (χ3v) is 28.8. The van der Waals surface area contributed by atoms with Crippen LogP contribution in [0.1, 0.15) is 132 Å². The van der Waals surface area contributed by atoms with E-state index in [9.17, 15) is 49.5 Å². The van der Waals surface area contributed by atoms with E-state index < -0.39 is 112 Å². The highest BCUT2D eigenvalue weighted by Gasteiger charge is 2.65. The highest BCUT2D eigenvalue weighted by molar-refractivity contribution is 8.00. The number of esters is 4. The van der Waals surface area contributed by atoms with Crippen LogP contribution in [0.25, 0.3) is 21.9 Å². The summed E-state index contributed by atoms with van der Waals surface area (Å²) in [6, 6.07) is 18.2. The number of cyclic esters (lactones) is 1. The molecule has 0 unspecified atom stereocenters. The van der Waals surface area contributed by atoms with E-state index >= 15 is 4.79 Å². The Hall–Kier alpha value is -12.2. The number of nitrogens with two attached hydrogens (primary N) is 1. The minimum absolute atomic E-state index is 0.0177. The average Bonchev–Trinajstić information content (AvgIpc) is 1.44. The highest BCUT2D eigenvalue weighted by Crippen LogP contribution is 2.68. The van der Waals surface area contributed by atoms with Gasteiger partial charge in [0, 0.05) is 130 Å². The summed E-state index contributed by atoms with van der Waals surface area (Å²) in [4.78, 5) is 99.0. The van der Waals surface area contributed by atoms with Crippen LogP contribution in [0.2, 0.25) is 0 Å².